The third-order valence-corrected chi connectivity index (χ3v) is 5.55. The van der Waals surface area contributed by atoms with Crippen molar-refractivity contribution in [1.82, 2.24) is 10.2 Å². The van der Waals surface area contributed by atoms with E-state index in [2.05, 4.69) is 5.32 Å². The van der Waals surface area contributed by atoms with Crippen molar-refractivity contribution in [3.63, 3.8) is 0 Å². The van der Waals surface area contributed by atoms with Crippen LogP contribution >= 0.6 is 0 Å². The molecule has 0 aromatic heterocycles. The Hall–Kier alpha value is -3.10. The number of hydrogen-bond acceptors (Lipinski definition) is 7. The summed E-state index contributed by atoms with van der Waals surface area (Å²) >= 11 is 0. The Bertz CT molecular complexity index is 874. The van der Waals surface area contributed by atoms with Gasteiger partial charge in [-0.2, -0.15) is 0 Å². The van der Waals surface area contributed by atoms with Crippen molar-refractivity contribution in [2.24, 2.45) is 0 Å². The lowest BCUT2D eigenvalue weighted by atomic mass is 10.1. The number of likely N-dealkylation sites (tertiary alicyclic amines) is 1. The van der Waals surface area contributed by atoms with E-state index in [1.54, 1.807) is 14.2 Å². The summed E-state index contributed by atoms with van der Waals surface area (Å²) in [6.45, 7) is 0.928. The van der Waals surface area contributed by atoms with E-state index >= 15 is 0 Å². The smallest absolute Gasteiger partial charge is 0.411 e. The quantitative estimate of drug-likeness (QED) is 0.598. The summed E-state index contributed by atoms with van der Waals surface area (Å²) in [7, 11) is 4.51. The van der Waals surface area contributed by atoms with Crippen LogP contribution in [0.15, 0.2) is 54.6 Å². The number of esters is 1. The molecule has 0 radical (unpaired) electrons. The molecule has 0 saturated carbocycles. The Morgan fingerprint density at radius 2 is 1.72 bits per heavy atom. The molecule has 8 nitrogen and oxygen atoms in total. The average molecular weight is 443 g/mol. The second-order valence-corrected chi connectivity index (χ2v) is 7.60. The first kappa shape index (κ1) is 23.6. The minimum Gasteiger partial charge on any atom is -0.497 e. The Balaban J connectivity index is 1.73. The Morgan fingerprint density at radius 3 is 2.34 bits per heavy atom. The predicted molar refractivity (Wildman–Crippen MR) is 118 cm³/mol. The number of rotatable bonds is 9. The zero-order valence-corrected chi connectivity index (χ0v) is 18.7. The largest absolute Gasteiger partial charge is 0.497 e. The van der Waals surface area contributed by atoms with Gasteiger partial charge in [0.1, 0.15) is 18.4 Å². The van der Waals surface area contributed by atoms with Crippen molar-refractivity contribution in [1.29, 1.82) is 0 Å². The van der Waals surface area contributed by atoms with Gasteiger partial charge >= 0.3 is 12.1 Å². The number of carbonyl (C=O) groups excluding carboxylic acids is 2. The minimum absolute atomic E-state index is 0.119. The Labute approximate surface area is 188 Å². The molecule has 8 heteroatoms. The Kier molecular flexibility index (Phi) is 8.47. The molecule has 3 atom stereocenters. The van der Waals surface area contributed by atoms with Crippen LogP contribution in [-0.4, -0.2) is 63.0 Å². The molecule has 1 aliphatic rings. The van der Waals surface area contributed by atoms with Crippen LogP contribution in [0.25, 0.3) is 0 Å². The predicted octanol–water partition coefficient (Wildman–Crippen LogP) is 2.75. The number of nitrogens with one attached hydrogen (secondary N) is 1. The maximum absolute atomic E-state index is 13.0. The zero-order valence-electron chi connectivity index (χ0n) is 18.7. The Morgan fingerprint density at radius 1 is 1.00 bits per heavy atom. The summed E-state index contributed by atoms with van der Waals surface area (Å²) in [5.41, 5.74) is 1.90. The van der Waals surface area contributed by atoms with Gasteiger partial charge in [-0.25, -0.2) is 9.59 Å². The SMILES string of the molecule is COC[C@@H]1C[C@H](NCc2ccc(OC)cc2)[C@H](C(=O)OC)N1C(=O)OCc1ccccc1. The van der Waals surface area contributed by atoms with Gasteiger partial charge in [0.2, 0.25) is 0 Å². The van der Waals surface area contributed by atoms with Crippen molar-refractivity contribution < 1.29 is 28.5 Å². The van der Waals surface area contributed by atoms with Gasteiger partial charge < -0.3 is 24.3 Å². The maximum Gasteiger partial charge on any atom is 0.411 e. The molecule has 3 rings (SSSR count). The highest BCUT2D eigenvalue weighted by atomic mass is 16.6. The van der Waals surface area contributed by atoms with Gasteiger partial charge in [0.05, 0.1) is 26.9 Å². The molecule has 172 valence electrons. The lowest BCUT2D eigenvalue weighted by Gasteiger charge is -2.29. The highest BCUT2D eigenvalue weighted by Gasteiger charge is 2.49. The third-order valence-electron chi connectivity index (χ3n) is 5.55. The first-order chi connectivity index (χ1) is 15.6. The van der Waals surface area contributed by atoms with E-state index in [0.717, 1.165) is 16.9 Å². The number of methoxy groups -OCH3 is 3. The van der Waals surface area contributed by atoms with Crippen molar-refractivity contribution in [3.05, 3.63) is 65.7 Å². The first-order valence-corrected chi connectivity index (χ1v) is 10.5. The van der Waals surface area contributed by atoms with E-state index in [0.29, 0.717) is 13.0 Å². The van der Waals surface area contributed by atoms with E-state index in [1.165, 1.54) is 12.0 Å². The molecule has 0 bridgehead atoms. The van der Waals surface area contributed by atoms with Crippen LogP contribution in [0.2, 0.25) is 0 Å². The van der Waals surface area contributed by atoms with Crippen LogP contribution in [0, 0.1) is 0 Å². The molecule has 1 heterocycles. The van der Waals surface area contributed by atoms with E-state index in [9.17, 15) is 9.59 Å². The van der Waals surface area contributed by atoms with E-state index in [1.807, 2.05) is 54.6 Å². The lowest BCUT2D eigenvalue weighted by Crippen LogP contribution is -2.52. The van der Waals surface area contributed by atoms with Crippen LogP contribution in [0.5, 0.6) is 5.75 Å². The summed E-state index contributed by atoms with van der Waals surface area (Å²) in [5, 5.41) is 3.40. The first-order valence-electron chi connectivity index (χ1n) is 10.5. The van der Waals surface area contributed by atoms with Crippen molar-refractivity contribution in [2.75, 3.05) is 27.9 Å². The van der Waals surface area contributed by atoms with Gasteiger partial charge in [-0.1, -0.05) is 42.5 Å². The number of nitrogens with zero attached hydrogens (tertiary/aromatic N) is 1. The summed E-state index contributed by atoms with van der Waals surface area (Å²) in [5.74, 6) is 0.280. The molecule has 0 spiro atoms. The topological polar surface area (TPSA) is 86.3 Å². The van der Waals surface area contributed by atoms with Crippen molar-refractivity contribution in [2.45, 2.75) is 37.7 Å². The second-order valence-electron chi connectivity index (χ2n) is 7.60. The van der Waals surface area contributed by atoms with Gasteiger partial charge in [0.25, 0.3) is 0 Å². The highest BCUT2D eigenvalue weighted by Crippen LogP contribution is 2.28. The lowest BCUT2D eigenvalue weighted by molar-refractivity contribution is -0.146. The average Bonchev–Trinajstić information content (AvgIpc) is 3.20. The standard InChI is InChI=1S/C24H30N2O6/c1-29-16-19-13-21(25-14-17-9-11-20(30-2)12-10-17)22(23(27)31-3)26(19)24(28)32-15-18-7-5-4-6-8-18/h4-12,19,21-22,25H,13-16H2,1-3H3/t19-,21-,22+/m0/s1. The molecular weight excluding hydrogens is 412 g/mol. The zero-order chi connectivity index (χ0) is 22.9. The molecule has 1 fully saturated rings. The van der Waals surface area contributed by atoms with Crippen LogP contribution in [0.1, 0.15) is 17.5 Å². The maximum atomic E-state index is 13.0. The number of benzene rings is 2. The van der Waals surface area contributed by atoms with Crippen LogP contribution in [0.4, 0.5) is 4.79 Å². The fraction of sp³-hybridized carbons (Fsp3) is 0.417. The number of ether oxygens (including phenoxy) is 4. The van der Waals surface area contributed by atoms with Gasteiger partial charge in [-0.05, 0) is 29.7 Å². The summed E-state index contributed by atoms with van der Waals surface area (Å²) in [4.78, 5) is 27.2. The molecule has 0 aliphatic carbocycles. The van der Waals surface area contributed by atoms with Crippen LogP contribution in [-0.2, 0) is 32.2 Å². The summed E-state index contributed by atoms with van der Waals surface area (Å²) in [6.07, 6.45) is -0.0375. The highest BCUT2D eigenvalue weighted by molar-refractivity contribution is 5.83. The monoisotopic (exact) mass is 442 g/mol. The molecule has 1 aliphatic heterocycles. The summed E-state index contributed by atoms with van der Waals surface area (Å²) in [6, 6.07) is 15.6. The molecule has 2 aromatic rings. The molecule has 2 aromatic carbocycles. The van der Waals surface area contributed by atoms with Gasteiger partial charge in [0.15, 0.2) is 0 Å². The molecule has 1 amide bonds. The van der Waals surface area contributed by atoms with Crippen molar-refractivity contribution in [3.8, 4) is 5.75 Å². The summed E-state index contributed by atoms with van der Waals surface area (Å²) < 4.78 is 21.1. The fourth-order valence-corrected chi connectivity index (χ4v) is 3.94. The fourth-order valence-electron chi connectivity index (χ4n) is 3.94. The number of hydrogen-bond donors (Lipinski definition) is 1. The molecular formula is C24H30N2O6. The molecule has 0 unspecified atom stereocenters. The van der Waals surface area contributed by atoms with E-state index < -0.39 is 18.1 Å². The third kappa shape index (κ3) is 5.77. The second kappa shape index (κ2) is 11.5. The normalized spacial score (nSPS) is 20.1. The van der Waals surface area contributed by atoms with E-state index in [-0.39, 0.29) is 25.3 Å². The van der Waals surface area contributed by atoms with E-state index in [4.69, 9.17) is 18.9 Å². The molecule has 1 saturated heterocycles. The van der Waals surface area contributed by atoms with Crippen molar-refractivity contribution >= 4 is 12.1 Å². The van der Waals surface area contributed by atoms with Gasteiger partial charge in [0, 0.05) is 19.7 Å². The van der Waals surface area contributed by atoms with Crippen LogP contribution < -0.4 is 10.1 Å². The number of amides is 1. The van der Waals surface area contributed by atoms with Gasteiger partial charge in [-0.3, -0.25) is 4.90 Å². The minimum atomic E-state index is -0.818. The molecule has 32 heavy (non-hydrogen) atoms. The van der Waals surface area contributed by atoms with Gasteiger partial charge in [-0.15, -0.1) is 0 Å². The van der Waals surface area contributed by atoms with Crippen LogP contribution in [0.3, 0.4) is 0 Å². The number of carbonyl (C=O) groups is 2. The molecule has 1 N–H and O–H groups in total.